The Hall–Kier alpha value is -3.15. The largest absolute Gasteiger partial charge is 0.494 e. The highest BCUT2D eigenvalue weighted by atomic mass is 19.1. The van der Waals surface area contributed by atoms with Crippen molar-refractivity contribution in [2.45, 2.75) is 6.42 Å². The number of methoxy groups -OCH3 is 1. The Labute approximate surface area is 150 Å². The topological polar surface area (TPSA) is 55.8 Å². The summed E-state index contributed by atoms with van der Waals surface area (Å²) in [6.45, 7) is 0.241. The number of hydrogen-bond acceptors (Lipinski definition) is 4. The molecule has 1 aliphatic rings. The number of anilines is 1. The summed E-state index contributed by atoms with van der Waals surface area (Å²) in [4.78, 5) is 25.7. The monoisotopic (exact) mass is 355 g/mol. The van der Waals surface area contributed by atoms with E-state index in [1.165, 1.54) is 25.3 Å². The molecule has 134 valence electrons. The fourth-order valence-electron chi connectivity index (χ4n) is 2.81. The van der Waals surface area contributed by atoms with Crippen molar-refractivity contribution in [2.75, 3.05) is 25.2 Å². The van der Waals surface area contributed by atoms with Crippen LogP contribution in [-0.4, -0.2) is 32.1 Å². The van der Waals surface area contributed by atoms with Gasteiger partial charge in [-0.3, -0.25) is 4.79 Å². The van der Waals surface area contributed by atoms with Crippen LogP contribution in [0.2, 0.25) is 0 Å². The number of halogens is 1. The second kappa shape index (κ2) is 7.82. The predicted molar refractivity (Wildman–Crippen MR) is 95.4 cm³/mol. The molecule has 5 nitrogen and oxygen atoms in total. The molecule has 0 spiro atoms. The van der Waals surface area contributed by atoms with Gasteiger partial charge in [-0.25, -0.2) is 9.18 Å². The lowest BCUT2D eigenvalue weighted by Gasteiger charge is -2.16. The number of para-hydroxylation sites is 1. The zero-order valence-corrected chi connectivity index (χ0v) is 14.3. The molecule has 3 rings (SSSR count). The summed E-state index contributed by atoms with van der Waals surface area (Å²) in [5, 5.41) is 0. The number of fused-ring (bicyclic) bond motifs is 1. The van der Waals surface area contributed by atoms with Gasteiger partial charge in [0.1, 0.15) is 0 Å². The molecule has 0 fully saturated rings. The molecule has 1 amide bonds. The minimum absolute atomic E-state index is 0.126. The Morgan fingerprint density at radius 3 is 2.81 bits per heavy atom. The number of benzene rings is 2. The number of amides is 1. The molecule has 0 atom stereocenters. The quantitative estimate of drug-likeness (QED) is 0.611. The van der Waals surface area contributed by atoms with Crippen LogP contribution in [0.1, 0.15) is 11.1 Å². The molecule has 0 radical (unpaired) electrons. The van der Waals surface area contributed by atoms with Crippen molar-refractivity contribution in [1.82, 2.24) is 0 Å². The first-order chi connectivity index (χ1) is 12.6. The van der Waals surface area contributed by atoms with Crippen molar-refractivity contribution in [3.8, 4) is 5.75 Å². The normalized spacial score (nSPS) is 12.9. The minimum atomic E-state index is -0.665. The first kappa shape index (κ1) is 17.7. The Morgan fingerprint density at radius 2 is 2.04 bits per heavy atom. The lowest BCUT2D eigenvalue weighted by Crippen LogP contribution is -2.33. The van der Waals surface area contributed by atoms with Crippen LogP contribution in [0, 0.1) is 5.82 Å². The first-order valence-corrected chi connectivity index (χ1v) is 8.15. The van der Waals surface area contributed by atoms with Crippen LogP contribution in [0.4, 0.5) is 10.1 Å². The number of hydrogen-bond donors (Lipinski definition) is 0. The van der Waals surface area contributed by atoms with E-state index in [2.05, 4.69) is 0 Å². The van der Waals surface area contributed by atoms with E-state index < -0.39 is 11.8 Å². The van der Waals surface area contributed by atoms with E-state index in [0.717, 1.165) is 23.7 Å². The van der Waals surface area contributed by atoms with Gasteiger partial charge in [-0.1, -0.05) is 24.3 Å². The molecule has 0 bridgehead atoms. The van der Waals surface area contributed by atoms with Crippen molar-refractivity contribution >= 4 is 23.6 Å². The number of esters is 1. The lowest BCUT2D eigenvalue weighted by molar-refractivity contribution is -0.142. The van der Waals surface area contributed by atoms with E-state index in [-0.39, 0.29) is 18.3 Å². The summed E-state index contributed by atoms with van der Waals surface area (Å²) >= 11 is 0. The highest BCUT2D eigenvalue weighted by Gasteiger charge is 2.24. The summed E-state index contributed by atoms with van der Waals surface area (Å²) < 4.78 is 23.4. The predicted octanol–water partition coefficient (Wildman–Crippen LogP) is 2.98. The van der Waals surface area contributed by atoms with Gasteiger partial charge in [0.25, 0.3) is 5.91 Å². The van der Waals surface area contributed by atoms with E-state index in [1.807, 2.05) is 24.3 Å². The minimum Gasteiger partial charge on any atom is -0.494 e. The van der Waals surface area contributed by atoms with Gasteiger partial charge in [0.2, 0.25) is 0 Å². The van der Waals surface area contributed by atoms with Crippen LogP contribution in [-0.2, 0) is 20.7 Å². The number of rotatable bonds is 5. The van der Waals surface area contributed by atoms with Gasteiger partial charge < -0.3 is 14.4 Å². The number of carbonyl (C=O) groups is 2. The van der Waals surface area contributed by atoms with Gasteiger partial charge in [0, 0.05) is 18.3 Å². The molecule has 0 saturated heterocycles. The molecule has 0 N–H and O–H groups in total. The Kier molecular flexibility index (Phi) is 5.31. The van der Waals surface area contributed by atoms with Crippen LogP contribution in [0.25, 0.3) is 6.08 Å². The molecule has 0 aliphatic carbocycles. The van der Waals surface area contributed by atoms with Crippen molar-refractivity contribution < 1.29 is 23.5 Å². The van der Waals surface area contributed by atoms with E-state index in [1.54, 1.807) is 11.0 Å². The summed E-state index contributed by atoms with van der Waals surface area (Å²) in [7, 11) is 1.38. The van der Waals surface area contributed by atoms with Crippen LogP contribution in [0.15, 0.2) is 48.5 Å². The van der Waals surface area contributed by atoms with Crippen LogP contribution in [0.3, 0.4) is 0 Å². The summed E-state index contributed by atoms with van der Waals surface area (Å²) in [6, 6.07) is 12.0. The maximum absolute atomic E-state index is 13.6. The fourth-order valence-corrected chi connectivity index (χ4v) is 2.81. The van der Waals surface area contributed by atoms with E-state index in [0.29, 0.717) is 12.1 Å². The summed E-state index contributed by atoms with van der Waals surface area (Å²) in [5.41, 5.74) is 2.45. The smallest absolute Gasteiger partial charge is 0.331 e. The Bertz CT molecular complexity index is 863. The van der Waals surface area contributed by atoms with Crippen molar-refractivity contribution in [3.63, 3.8) is 0 Å². The third-order valence-corrected chi connectivity index (χ3v) is 4.11. The van der Waals surface area contributed by atoms with Gasteiger partial charge in [0.05, 0.1) is 7.11 Å². The van der Waals surface area contributed by atoms with Gasteiger partial charge in [-0.2, -0.15) is 0 Å². The molecule has 0 aromatic heterocycles. The molecule has 0 saturated carbocycles. The Balaban J connectivity index is 1.54. The van der Waals surface area contributed by atoms with Gasteiger partial charge in [-0.05, 0) is 41.8 Å². The Morgan fingerprint density at radius 1 is 1.23 bits per heavy atom. The van der Waals surface area contributed by atoms with Crippen molar-refractivity contribution in [1.29, 1.82) is 0 Å². The summed E-state index contributed by atoms with van der Waals surface area (Å²) in [5.74, 6) is -1.33. The van der Waals surface area contributed by atoms with Crippen LogP contribution in [0.5, 0.6) is 5.75 Å². The molecule has 1 heterocycles. The zero-order chi connectivity index (χ0) is 18.5. The van der Waals surface area contributed by atoms with Crippen molar-refractivity contribution in [3.05, 3.63) is 65.5 Å². The second-order valence-electron chi connectivity index (χ2n) is 5.76. The average molecular weight is 355 g/mol. The van der Waals surface area contributed by atoms with E-state index >= 15 is 0 Å². The highest BCUT2D eigenvalue weighted by Crippen LogP contribution is 2.27. The third-order valence-electron chi connectivity index (χ3n) is 4.11. The molecule has 6 heteroatoms. The molecular formula is C20H18FNO4. The molecule has 2 aromatic carbocycles. The fraction of sp³-hybridized carbons (Fsp3) is 0.200. The molecule has 1 aliphatic heterocycles. The lowest BCUT2D eigenvalue weighted by atomic mass is 10.2. The average Bonchev–Trinajstić information content (AvgIpc) is 3.08. The number of carbonyl (C=O) groups excluding carboxylic acids is 2. The van der Waals surface area contributed by atoms with Crippen molar-refractivity contribution in [2.24, 2.45) is 0 Å². The SMILES string of the molecule is COc1ccc(/C=C/C(=O)OCC(=O)N2CCc3ccccc32)cc1F. The maximum Gasteiger partial charge on any atom is 0.331 e. The van der Waals surface area contributed by atoms with Gasteiger partial charge in [-0.15, -0.1) is 0 Å². The number of nitrogens with zero attached hydrogens (tertiary/aromatic N) is 1. The molecule has 26 heavy (non-hydrogen) atoms. The maximum atomic E-state index is 13.6. The second-order valence-corrected chi connectivity index (χ2v) is 5.76. The third kappa shape index (κ3) is 3.91. The number of ether oxygens (including phenoxy) is 2. The first-order valence-electron chi connectivity index (χ1n) is 8.15. The van der Waals surface area contributed by atoms with Gasteiger partial charge >= 0.3 is 5.97 Å². The molecule has 2 aromatic rings. The summed E-state index contributed by atoms with van der Waals surface area (Å²) in [6.07, 6.45) is 3.37. The van der Waals surface area contributed by atoms with Crippen LogP contribution < -0.4 is 9.64 Å². The zero-order valence-electron chi connectivity index (χ0n) is 14.3. The van der Waals surface area contributed by atoms with Gasteiger partial charge in [0.15, 0.2) is 18.2 Å². The molecular weight excluding hydrogens is 337 g/mol. The van der Waals surface area contributed by atoms with E-state index in [4.69, 9.17) is 9.47 Å². The van der Waals surface area contributed by atoms with Crippen LogP contribution >= 0.6 is 0 Å². The van der Waals surface area contributed by atoms with E-state index in [9.17, 15) is 14.0 Å². The molecule has 0 unspecified atom stereocenters. The highest BCUT2D eigenvalue weighted by molar-refractivity contribution is 5.98. The standard InChI is InChI=1S/C20H18FNO4/c1-25-18-8-6-14(12-16(18)21)7-9-20(24)26-13-19(23)22-11-10-15-4-2-3-5-17(15)22/h2-9,12H,10-11,13H2,1H3/b9-7+.